The van der Waals surface area contributed by atoms with Gasteiger partial charge in [0.15, 0.2) is 0 Å². The van der Waals surface area contributed by atoms with Crippen LogP contribution in [-0.4, -0.2) is 123 Å². The standard InChI is InChI=1S/C46H66N8O12/c1-8-22-54(46(65)47-29(6)32-18-14-11-15-19-32)52-43(62)36-23-33(66-26-31-16-12-10-13-17-31)25-53(36)45(64)39(27(3)4)50-44(63)40(28(5)9-2)51-41(60)34(20-21-37(56)57)49-42(61)35(24-38(58)59)48-30(7)55/h10-19,27-29,33-36,39-40H,8-9,20-26H2,1-7H3,(H,47,65)(H,48,55)(H,49,61)(H,50,63)(H,51,60)(H,52,62)(H,56,57)(H,58,59)/t28-,29-,33+,34-,35-,36-,39-,40-/m0/s1. The Hall–Kier alpha value is -6.57. The molecule has 8 atom stereocenters. The molecular formula is C46H66N8O12. The van der Waals surface area contributed by atoms with Gasteiger partial charge in [0.05, 0.1) is 25.2 Å². The number of aliphatic carboxylic acids is 2. The lowest BCUT2D eigenvalue weighted by atomic mass is 9.95. The SMILES string of the molecule is CCCN(NC(=O)[C@@H]1C[C@@H](OCc2ccccc2)CN1C(=O)[C@@H](NC(=O)[C@@H](NC(=O)[C@H](CCC(=O)O)NC(=O)[C@H](CC(=O)O)NC(C)=O)[C@@H](C)CC)C(C)C)C(=O)N[C@@H](C)c1ccccc1. The van der Waals surface area contributed by atoms with Crippen LogP contribution in [-0.2, 0) is 49.7 Å². The highest BCUT2D eigenvalue weighted by molar-refractivity contribution is 5.97. The van der Waals surface area contributed by atoms with Gasteiger partial charge in [-0.25, -0.2) is 9.80 Å². The first-order valence-corrected chi connectivity index (χ1v) is 22.3. The maximum absolute atomic E-state index is 14.7. The number of urea groups is 1. The summed E-state index contributed by atoms with van der Waals surface area (Å²) in [4.78, 5) is 120. The molecule has 362 valence electrons. The normalized spacial score (nSPS) is 17.2. The van der Waals surface area contributed by atoms with E-state index >= 15 is 0 Å². The van der Waals surface area contributed by atoms with Crippen molar-refractivity contribution < 1.29 is 58.1 Å². The Morgan fingerprint density at radius 2 is 1.36 bits per heavy atom. The van der Waals surface area contributed by atoms with Gasteiger partial charge in [-0.1, -0.05) is 102 Å². The molecule has 0 aromatic heterocycles. The molecule has 1 heterocycles. The molecule has 0 unspecified atom stereocenters. The molecular weight excluding hydrogens is 857 g/mol. The largest absolute Gasteiger partial charge is 0.481 e. The Morgan fingerprint density at radius 1 is 0.758 bits per heavy atom. The second-order valence-corrected chi connectivity index (χ2v) is 16.8. The van der Waals surface area contributed by atoms with Gasteiger partial charge in [-0.05, 0) is 42.7 Å². The summed E-state index contributed by atoms with van der Waals surface area (Å²) in [5, 5.41) is 32.6. The number of hydrogen-bond donors (Lipinski definition) is 8. The molecule has 1 fully saturated rings. The van der Waals surface area contributed by atoms with Crippen LogP contribution in [0.2, 0.25) is 0 Å². The highest BCUT2D eigenvalue weighted by Gasteiger charge is 2.45. The van der Waals surface area contributed by atoms with E-state index in [4.69, 9.17) is 4.74 Å². The number of carboxylic acid groups (broad SMARTS) is 2. The molecule has 0 spiro atoms. The van der Waals surface area contributed by atoms with E-state index in [-0.39, 0.29) is 26.1 Å². The van der Waals surface area contributed by atoms with Gasteiger partial charge in [-0.3, -0.25) is 43.8 Å². The van der Waals surface area contributed by atoms with Crippen molar-refractivity contribution >= 4 is 53.4 Å². The van der Waals surface area contributed by atoms with Crippen LogP contribution in [0.3, 0.4) is 0 Å². The van der Waals surface area contributed by atoms with Crippen LogP contribution >= 0.6 is 0 Å². The van der Waals surface area contributed by atoms with Crippen molar-refractivity contribution in [2.45, 2.75) is 136 Å². The van der Waals surface area contributed by atoms with Crippen molar-refractivity contribution in [3.8, 4) is 0 Å². The number of rotatable bonds is 24. The van der Waals surface area contributed by atoms with E-state index in [0.717, 1.165) is 18.1 Å². The van der Waals surface area contributed by atoms with Crippen molar-refractivity contribution in [1.82, 2.24) is 41.9 Å². The van der Waals surface area contributed by atoms with Crippen molar-refractivity contribution in [1.29, 1.82) is 0 Å². The highest BCUT2D eigenvalue weighted by atomic mass is 16.5. The number of ether oxygens (including phenoxy) is 1. The van der Waals surface area contributed by atoms with E-state index < -0.39 is 127 Å². The number of carbonyl (C=O) groups is 9. The number of hydrogen-bond acceptors (Lipinski definition) is 10. The number of benzene rings is 2. The van der Waals surface area contributed by atoms with Gasteiger partial charge in [0.2, 0.25) is 29.5 Å². The van der Waals surface area contributed by atoms with Gasteiger partial charge in [0.1, 0.15) is 30.2 Å². The fourth-order valence-corrected chi connectivity index (χ4v) is 7.26. The van der Waals surface area contributed by atoms with E-state index in [2.05, 4.69) is 32.0 Å². The minimum atomic E-state index is -1.60. The Kier molecular flexibility index (Phi) is 21.5. The summed E-state index contributed by atoms with van der Waals surface area (Å²) in [6, 6.07) is 10.8. The first-order chi connectivity index (χ1) is 31.2. The molecule has 1 saturated heterocycles. The Bertz CT molecular complexity index is 1970. The quantitative estimate of drug-likeness (QED) is 0.0705. The lowest BCUT2D eigenvalue weighted by Gasteiger charge is -2.33. The molecule has 20 heteroatoms. The third kappa shape index (κ3) is 16.8. The van der Waals surface area contributed by atoms with Crippen LogP contribution in [0.1, 0.15) is 104 Å². The minimum Gasteiger partial charge on any atom is -0.481 e. The zero-order valence-electron chi connectivity index (χ0n) is 38.7. The number of amides is 8. The molecule has 0 bridgehead atoms. The van der Waals surface area contributed by atoms with Crippen LogP contribution < -0.4 is 32.0 Å². The molecule has 8 N–H and O–H groups in total. The fourth-order valence-electron chi connectivity index (χ4n) is 7.26. The number of carbonyl (C=O) groups excluding carboxylic acids is 7. The molecule has 0 aliphatic carbocycles. The Balaban J connectivity index is 1.90. The third-order valence-electron chi connectivity index (χ3n) is 11.1. The second-order valence-electron chi connectivity index (χ2n) is 16.8. The summed E-state index contributed by atoms with van der Waals surface area (Å²) < 4.78 is 6.22. The number of likely N-dealkylation sites (tertiary alicyclic amines) is 1. The van der Waals surface area contributed by atoms with Crippen LogP contribution in [0.5, 0.6) is 0 Å². The van der Waals surface area contributed by atoms with Crippen molar-refractivity contribution in [2.75, 3.05) is 13.1 Å². The molecule has 8 amide bonds. The number of nitrogens with one attached hydrogen (secondary N) is 6. The third-order valence-corrected chi connectivity index (χ3v) is 11.1. The zero-order valence-corrected chi connectivity index (χ0v) is 38.7. The van der Waals surface area contributed by atoms with E-state index in [1.165, 1.54) is 9.91 Å². The van der Waals surface area contributed by atoms with Gasteiger partial charge in [0.25, 0.3) is 5.91 Å². The second kappa shape index (κ2) is 26.4. The van der Waals surface area contributed by atoms with Crippen LogP contribution in [0.4, 0.5) is 4.79 Å². The maximum Gasteiger partial charge on any atom is 0.336 e. The molecule has 1 aliphatic heterocycles. The average Bonchev–Trinajstić information content (AvgIpc) is 3.71. The van der Waals surface area contributed by atoms with E-state index in [1.54, 1.807) is 27.7 Å². The summed E-state index contributed by atoms with van der Waals surface area (Å²) >= 11 is 0. The molecule has 3 rings (SSSR count). The molecule has 20 nitrogen and oxygen atoms in total. The number of carboxylic acids is 2. The summed E-state index contributed by atoms with van der Waals surface area (Å²) in [5.41, 5.74) is 4.43. The topological polar surface area (TPSA) is 282 Å². The van der Waals surface area contributed by atoms with Gasteiger partial charge < -0.3 is 46.4 Å². The lowest BCUT2D eigenvalue weighted by molar-refractivity contribution is -0.144. The maximum atomic E-state index is 14.7. The monoisotopic (exact) mass is 922 g/mol. The predicted molar refractivity (Wildman–Crippen MR) is 240 cm³/mol. The number of nitrogens with zero attached hydrogens (tertiary/aromatic N) is 2. The first-order valence-electron chi connectivity index (χ1n) is 22.3. The summed E-state index contributed by atoms with van der Waals surface area (Å²) in [6.07, 6.45) is -1.60. The van der Waals surface area contributed by atoms with Gasteiger partial charge in [0, 0.05) is 32.9 Å². The summed E-state index contributed by atoms with van der Waals surface area (Å²) in [6.45, 7) is 11.8. The Labute approximate surface area is 385 Å². The zero-order chi connectivity index (χ0) is 49.1. The van der Waals surface area contributed by atoms with Gasteiger partial charge >= 0.3 is 18.0 Å². The number of hydrazine groups is 1. The molecule has 1 aliphatic rings. The van der Waals surface area contributed by atoms with Crippen LogP contribution in [0, 0.1) is 11.8 Å². The van der Waals surface area contributed by atoms with Crippen molar-refractivity contribution in [3.05, 3.63) is 71.8 Å². The minimum absolute atomic E-state index is 0.0360. The van der Waals surface area contributed by atoms with E-state index in [0.29, 0.717) is 12.8 Å². The molecule has 2 aromatic carbocycles. The first kappa shape index (κ1) is 53.8. The highest BCUT2D eigenvalue weighted by Crippen LogP contribution is 2.25. The smallest absolute Gasteiger partial charge is 0.336 e. The Morgan fingerprint density at radius 3 is 1.92 bits per heavy atom. The average molecular weight is 923 g/mol. The molecule has 0 saturated carbocycles. The summed E-state index contributed by atoms with van der Waals surface area (Å²) in [5.74, 6) is -8.70. The van der Waals surface area contributed by atoms with Gasteiger partial charge in [-0.2, -0.15) is 0 Å². The predicted octanol–water partition coefficient (Wildman–Crippen LogP) is 2.39. The van der Waals surface area contributed by atoms with Gasteiger partial charge in [-0.15, -0.1) is 0 Å². The molecule has 2 aromatic rings. The summed E-state index contributed by atoms with van der Waals surface area (Å²) in [7, 11) is 0. The van der Waals surface area contributed by atoms with Crippen LogP contribution in [0.15, 0.2) is 60.7 Å². The van der Waals surface area contributed by atoms with E-state index in [9.17, 15) is 53.4 Å². The van der Waals surface area contributed by atoms with Crippen LogP contribution in [0.25, 0.3) is 0 Å². The molecule has 66 heavy (non-hydrogen) atoms. The van der Waals surface area contributed by atoms with E-state index in [1.807, 2.05) is 74.5 Å². The lowest BCUT2D eigenvalue weighted by Crippen LogP contribution is -2.62. The molecule has 0 radical (unpaired) electrons. The fraction of sp³-hybridized carbons (Fsp3) is 0.543. The van der Waals surface area contributed by atoms with Crippen molar-refractivity contribution in [2.24, 2.45) is 11.8 Å². The van der Waals surface area contributed by atoms with Crippen molar-refractivity contribution in [3.63, 3.8) is 0 Å².